The van der Waals surface area contributed by atoms with Gasteiger partial charge in [0, 0.05) is 22.7 Å². The molecular formula is C16H20BN3S. The zero-order valence-electron chi connectivity index (χ0n) is 12.5. The lowest BCUT2D eigenvalue weighted by Crippen LogP contribution is -2.23. The van der Waals surface area contributed by atoms with Gasteiger partial charge in [0.2, 0.25) is 5.95 Å². The highest BCUT2D eigenvalue weighted by molar-refractivity contribution is 7.20. The van der Waals surface area contributed by atoms with E-state index in [-0.39, 0.29) is 0 Å². The molecule has 1 saturated carbocycles. The number of hydrogen-bond donors (Lipinski definition) is 1. The Morgan fingerprint density at radius 3 is 2.90 bits per heavy atom. The molecule has 2 aromatic heterocycles. The Hall–Kier alpha value is -1.36. The molecule has 2 heterocycles. The molecule has 0 radical (unpaired) electrons. The number of anilines is 1. The third-order valence-electron chi connectivity index (χ3n) is 4.61. The second-order valence-electron chi connectivity index (χ2n) is 6.24. The number of hydrogen-bond acceptors (Lipinski definition) is 4. The van der Waals surface area contributed by atoms with E-state index in [1.165, 1.54) is 52.9 Å². The van der Waals surface area contributed by atoms with Gasteiger partial charge < -0.3 is 5.32 Å². The maximum atomic E-state index is 4.85. The van der Waals surface area contributed by atoms with Crippen molar-refractivity contribution in [3.05, 3.63) is 22.7 Å². The summed E-state index contributed by atoms with van der Waals surface area (Å²) in [5, 5.41) is 3.55. The lowest BCUT2D eigenvalue weighted by molar-refractivity contribution is 0.461. The van der Waals surface area contributed by atoms with Crippen LogP contribution in [0.1, 0.15) is 42.5 Å². The van der Waals surface area contributed by atoms with E-state index in [2.05, 4.69) is 24.2 Å². The molecule has 0 spiro atoms. The summed E-state index contributed by atoms with van der Waals surface area (Å²) in [6, 6.07) is 2.85. The van der Waals surface area contributed by atoms with Gasteiger partial charge in [-0.3, -0.25) is 0 Å². The Balaban J connectivity index is 1.64. The summed E-state index contributed by atoms with van der Waals surface area (Å²) in [4.78, 5) is 10.9. The average Bonchev–Trinajstić information content (AvgIpc) is 2.89. The fraction of sp³-hybridized carbons (Fsp3) is 0.500. The van der Waals surface area contributed by atoms with Crippen molar-refractivity contribution < 1.29 is 0 Å². The lowest BCUT2D eigenvalue weighted by atomic mass is 9.94. The minimum absolute atomic E-state index is 0.559. The van der Waals surface area contributed by atoms with Crippen molar-refractivity contribution in [2.24, 2.45) is 0 Å². The van der Waals surface area contributed by atoms with Crippen LogP contribution >= 0.6 is 11.3 Å². The predicted molar refractivity (Wildman–Crippen MR) is 91.4 cm³/mol. The number of nitrogens with zero attached hydrogens (tertiary/aromatic N) is 2. The van der Waals surface area contributed by atoms with Gasteiger partial charge in [-0.2, -0.15) is 11.3 Å². The zero-order chi connectivity index (χ0) is 14.2. The Morgan fingerprint density at radius 1 is 1.19 bits per heavy atom. The van der Waals surface area contributed by atoms with Crippen LogP contribution in [-0.4, -0.2) is 23.9 Å². The third-order valence-corrected chi connectivity index (χ3v) is 5.72. The Bertz CT molecular complexity index is 662. The van der Waals surface area contributed by atoms with Crippen LogP contribution in [0, 0.1) is 0 Å². The topological polar surface area (TPSA) is 37.8 Å². The largest absolute Gasteiger partial charge is 0.351 e. The standard InChI is InChI=1S/C16H20BN3S/c17-14-8-12-13(21-14)7-6-10-9-18-16(20-15(10)12)19-11-4-2-1-3-5-11/h8-9,11H,1-7,17H2,(H,18,19,20). The normalized spacial score (nSPS) is 18.1. The van der Waals surface area contributed by atoms with Crippen LogP contribution in [-0.2, 0) is 12.8 Å². The first-order chi connectivity index (χ1) is 10.3. The van der Waals surface area contributed by atoms with E-state index in [0.29, 0.717) is 6.04 Å². The van der Waals surface area contributed by atoms with Gasteiger partial charge in [-0.05, 0) is 42.1 Å². The number of nitrogens with one attached hydrogen (secondary N) is 1. The van der Waals surface area contributed by atoms with E-state index in [0.717, 1.165) is 24.5 Å². The number of thiophene rings is 1. The first-order valence-electron chi connectivity index (χ1n) is 8.02. The van der Waals surface area contributed by atoms with Crippen molar-refractivity contribution in [1.82, 2.24) is 9.97 Å². The van der Waals surface area contributed by atoms with Crippen LogP contribution in [0.2, 0.25) is 0 Å². The van der Waals surface area contributed by atoms with Crippen molar-refractivity contribution in [3.8, 4) is 11.3 Å². The van der Waals surface area contributed by atoms with Crippen LogP contribution in [0.5, 0.6) is 0 Å². The van der Waals surface area contributed by atoms with Gasteiger partial charge in [0.15, 0.2) is 7.85 Å². The summed E-state index contributed by atoms with van der Waals surface area (Å²) >= 11 is 1.91. The second kappa shape index (κ2) is 5.45. The Labute approximate surface area is 130 Å². The first kappa shape index (κ1) is 13.3. The molecule has 1 fully saturated rings. The summed E-state index contributed by atoms with van der Waals surface area (Å²) in [6.07, 6.45) is 10.8. The monoisotopic (exact) mass is 297 g/mol. The van der Waals surface area contributed by atoms with Crippen LogP contribution < -0.4 is 10.1 Å². The van der Waals surface area contributed by atoms with Crippen molar-refractivity contribution in [1.29, 1.82) is 0 Å². The van der Waals surface area contributed by atoms with E-state index in [9.17, 15) is 0 Å². The van der Waals surface area contributed by atoms with Gasteiger partial charge in [0.1, 0.15) is 0 Å². The van der Waals surface area contributed by atoms with E-state index >= 15 is 0 Å². The lowest BCUT2D eigenvalue weighted by Gasteiger charge is -2.23. The molecule has 4 rings (SSSR count). The highest BCUT2D eigenvalue weighted by atomic mass is 32.1. The minimum Gasteiger partial charge on any atom is -0.351 e. The Morgan fingerprint density at radius 2 is 2.05 bits per heavy atom. The maximum Gasteiger partial charge on any atom is 0.223 e. The quantitative estimate of drug-likeness (QED) is 0.864. The van der Waals surface area contributed by atoms with Gasteiger partial charge in [-0.25, -0.2) is 9.97 Å². The molecule has 21 heavy (non-hydrogen) atoms. The molecule has 0 bridgehead atoms. The smallest absolute Gasteiger partial charge is 0.223 e. The molecule has 0 unspecified atom stereocenters. The number of aryl methyl sites for hydroxylation is 2. The number of fused-ring (bicyclic) bond motifs is 3. The molecule has 0 aromatic carbocycles. The van der Waals surface area contributed by atoms with Gasteiger partial charge in [0.25, 0.3) is 0 Å². The van der Waals surface area contributed by atoms with E-state index in [4.69, 9.17) is 4.98 Å². The zero-order valence-corrected chi connectivity index (χ0v) is 13.3. The summed E-state index contributed by atoms with van der Waals surface area (Å²) in [6.45, 7) is 0. The fourth-order valence-corrected chi connectivity index (χ4v) is 4.55. The average molecular weight is 297 g/mol. The van der Waals surface area contributed by atoms with Gasteiger partial charge in [0.05, 0.1) is 5.69 Å². The minimum atomic E-state index is 0.559. The SMILES string of the molecule is Bc1cc2c(s1)CCc1cnc(NC3CCCCC3)nc1-2. The third kappa shape index (κ3) is 2.59. The van der Waals surface area contributed by atoms with Crippen LogP contribution in [0.3, 0.4) is 0 Å². The highest BCUT2D eigenvalue weighted by Gasteiger charge is 2.21. The van der Waals surface area contributed by atoms with E-state index in [1.807, 2.05) is 17.5 Å². The fourth-order valence-electron chi connectivity index (χ4n) is 3.52. The van der Waals surface area contributed by atoms with Crippen molar-refractivity contribution in [2.45, 2.75) is 51.0 Å². The van der Waals surface area contributed by atoms with Crippen LogP contribution in [0.15, 0.2) is 12.3 Å². The highest BCUT2D eigenvalue weighted by Crippen LogP contribution is 2.34. The molecule has 0 amide bonds. The molecule has 0 atom stereocenters. The van der Waals surface area contributed by atoms with Gasteiger partial charge >= 0.3 is 0 Å². The van der Waals surface area contributed by atoms with Crippen molar-refractivity contribution in [3.63, 3.8) is 0 Å². The van der Waals surface area contributed by atoms with Crippen molar-refractivity contribution in [2.75, 3.05) is 5.32 Å². The van der Waals surface area contributed by atoms with E-state index in [1.54, 1.807) is 0 Å². The molecule has 2 aliphatic rings. The van der Waals surface area contributed by atoms with Crippen LogP contribution in [0.4, 0.5) is 5.95 Å². The molecule has 1 N–H and O–H groups in total. The Kier molecular flexibility index (Phi) is 3.45. The summed E-state index contributed by atoms with van der Waals surface area (Å²) in [5.74, 6) is 0.817. The summed E-state index contributed by atoms with van der Waals surface area (Å²) in [7, 11) is 2.19. The molecular weight excluding hydrogens is 277 g/mol. The molecule has 0 saturated heterocycles. The molecule has 3 nitrogen and oxygen atoms in total. The molecule has 108 valence electrons. The number of rotatable bonds is 2. The predicted octanol–water partition coefficient (Wildman–Crippen LogP) is 2.31. The molecule has 2 aliphatic carbocycles. The maximum absolute atomic E-state index is 4.85. The molecule has 2 aromatic rings. The van der Waals surface area contributed by atoms with Gasteiger partial charge in [-0.15, -0.1) is 0 Å². The first-order valence-corrected chi connectivity index (χ1v) is 8.83. The van der Waals surface area contributed by atoms with Crippen molar-refractivity contribution >= 4 is 29.9 Å². The van der Waals surface area contributed by atoms with Crippen LogP contribution in [0.25, 0.3) is 11.3 Å². The second-order valence-corrected chi connectivity index (χ2v) is 7.58. The molecule has 0 aliphatic heterocycles. The summed E-state index contributed by atoms with van der Waals surface area (Å²) in [5.41, 5.74) is 3.80. The summed E-state index contributed by atoms with van der Waals surface area (Å²) < 4.78 is 1.38. The molecule has 5 heteroatoms. The van der Waals surface area contributed by atoms with E-state index < -0.39 is 0 Å². The number of aromatic nitrogens is 2. The van der Waals surface area contributed by atoms with Gasteiger partial charge in [-0.1, -0.05) is 19.3 Å².